The monoisotopic (exact) mass is 250 g/mol. The highest BCUT2D eigenvalue weighted by molar-refractivity contribution is 5.05. The molecule has 2 aliphatic carbocycles. The smallest absolute Gasteiger partial charge is 0.229 e. The maximum absolute atomic E-state index is 10.7. The Bertz CT molecular complexity index is 415. The third-order valence-corrected chi connectivity index (χ3v) is 4.17. The summed E-state index contributed by atoms with van der Waals surface area (Å²) in [5, 5.41) is 14.7. The van der Waals surface area contributed by atoms with Gasteiger partial charge in [0.1, 0.15) is 0 Å². The molecule has 0 amide bonds. The van der Waals surface area contributed by atoms with Crippen LogP contribution in [0.25, 0.3) is 0 Å². The van der Waals surface area contributed by atoms with Crippen molar-refractivity contribution in [2.45, 2.75) is 63.9 Å². The van der Waals surface area contributed by atoms with Gasteiger partial charge in [-0.05, 0) is 43.9 Å². The van der Waals surface area contributed by atoms with Gasteiger partial charge in [0.15, 0.2) is 5.82 Å². The van der Waals surface area contributed by atoms with E-state index in [4.69, 9.17) is 4.52 Å². The number of rotatable bonds is 3. The van der Waals surface area contributed by atoms with Crippen molar-refractivity contribution in [1.82, 2.24) is 10.1 Å². The van der Waals surface area contributed by atoms with Crippen molar-refractivity contribution in [2.75, 3.05) is 0 Å². The lowest BCUT2D eigenvalue weighted by molar-refractivity contribution is -0.0355. The van der Waals surface area contributed by atoms with Crippen molar-refractivity contribution in [3.63, 3.8) is 0 Å². The Morgan fingerprint density at radius 2 is 1.94 bits per heavy atom. The Morgan fingerprint density at radius 3 is 2.56 bits per heavy atom. The zero-order chi connectivity index (χ0) is 12.8. The molecule has 0 aliphatic heterocycles. The third-order valence-electron chi connectivity index (χ3n) is 4.17. The van der Waals surface area contributed by atoms with Gasteiger partial charge >= 0.3 is 0 Å². The molecule has 18 heavy (non-hydrogen) atoms. The van der Waals surface area contributed by atoms with Crippen LogP contribution in [0.2, 0.25) is 0 Å². The molecular formula is C14H22N2O2. The van der Waals surface area contributed by atoms with E-state index in [0.717, 1.165) is 18.7 Å². The highest BCUT2D eigenvalue weighted by atomic mass is 16.5. The Kier molecular flexibility index (Phi) is 2.93. The summed E-state index contributed by atoms with van der Waals surface area (Å²) in [6.45, 7) is 4.42. The predicted octanol–water partition coefficient (Wildman–Crippen LogP) is 2.68. The van der Waals surface area contributed by atoms with E-state index in [1.165, 1.54) is 19.3 Å². The van der Waals surface area contributed by atoms with Crippen molar-refractivity contribution < 1.29 is 9.63 Å². The van der Waals surface area contributed by atoms with Crippen LogP contribution in [0.15, 0.2) is 4.52 Å². The van der Waals surface area contributed by atoms with Crippen LogP contribution in [0, 0.1) is 11.8 Å². The van der Waals surface area contributed by atoms with Gasteiger partial charge in [-0.25, -0.2) is 0 Å². The molecule has 4 nitrogen and oxygen atoms in total. The molecule has 0 spiro atoms. The summed E-state index contributed by atoms with van der Waals surface area (Å²) in [4.78, 5) is 4.42. The van der Waals surface area contributed by atoms with E-state index in [0.29, 0.717) is 30.1 Å². The summed E-state index contributed by atoms with van der Waals surface area (Å²) in [7, 11) is 0. The van der Waals surface area contributed by atoms with Crippen LogP contribution in [-0.2, 0) is 6.42 Å². The molecule has 3 rings (SSSR count). The number of aromatic nitrogens is 2. The lowest BCUT2D eigenvalue weighted by Gasteiger charge is -2.38. The Hall–Kier alpha value is -0.900. The largest absolute Gasteiger partial charge is 0.389 e. The van der Waals surface area contributed by atoms with Gasteiger partial charge in [-0.1, -0.05) is 19.0 Å². The molecule has 0 bridgehead atoms. The number of hydrogen-bond acceptors (Lipinski definition) is 4. The fourth-order valence-corrected chi connectivity index (χ4v) is 3.51. The van der Waals surface area contributed by atoms with E-state index in [9.17, 15) is 5.11 Å². The molecule has 2 fully saturated rings. The molecule has 1 aromatic heterocycles. The van der Waals surface area contributed by atoms with Crippen molar-refractivity contribution in [3.05, 3.63) is 11.7 Å². The third kappa shape index (κ3) is 2.58. The molecule has 1 aromatic rings. The molecular weight excluding hydrogens is 228 g/mol. The predicted molar refractivity (Wildman–Crippen MR) is 67.1 cm³/mol. The summed E-state index contributed by atoms with van der Waals surface area (Å²) in [6, 6.07) is 0. The van der Waals surface area contributed by atoms with Gasteiger partial charge in [0.25, 0.3) is 0 Å². The van der Waals surface area contributed by atoms with Gasteiger partial charge in [0.2, 0.25) is 5.89 Å². The van der Waals surface area contributed by atoms with E-state index in [2.05, 4.69) is 24.0 Å². The topological polar surface area (TPSA) is 59.2 Å². The highest BCUT2D eigenvalue weighted by Crippen LogP contribution is 2.40. The van der Waals surface area contributed by atoms with Crippen LogP contribution in [0.5, 0.6) is 0 Å². The van der Waals surface area contributed by atoms with Gasteiger partial charge in [0, 0.05) is 5.92 Å². The normalized spacial score (nSPS) is 36.8. The fraction of sp³-hybridized carbons (Fsp3) is 0.857. The molecule has 2 unspecified atom stereocenters. The van der Waals surface area contributed by atoms with Crippen molar-refractivity contribution >= 4 is 0 Å². The van der Waals surface area contributed by atoms with Crippen LogP contribution >= 0.6 is 0 Å². The summed E-state index contributed by atoms with van der Waals surface area (Å²) in [5.41, 5.74) is -0.648. The van der Waals surface area contributed by atoms with Crippen LogP contribution in [0.3, 0.4) is 0 Å². The number of nitrogens with zero attached hydrogens (tertiary/aromatic N) is 2. The van der Waals surface area contributed by atoms with Crippen LogP contribution in [-0.4, -0.2) is 20.8 Å². The van der Waals surface area contributed by atoms with Gasteiger partial charge in [-0.15, -0.1) is 0 Å². The van der Waals surface area contributed by atoms with Crippen LogP contribution < -0.4 is 0 Å². The lowest BCUT2D eigenvalue weighted by atomic mass is 9.72. The minimum absolute atomic E-state index is 0.515. The van der Waals surface area contributed by atoms with Gasteiger partial charge < -0.3 is 9.63 Å². The lowest BCUT2D eigenvalue weighted by Crippen LogP contribution is -2.39. The van der Waals surface area contributed by atoms with Crippen molar-refractivity contribution in [2.24, 2.45) is 11.8 Å². The Balaban J connectivity index is 1.69. The average molecular weight is 250 g/mol. The summed E-state index contributed by atoms with van der Waals surface area (Å²) in [6.07, 6.45) is 5.77. The molecule has 4 heteroatoms. The average Bonchev–Trinajstić information content (AvgIpc) is 2.98. The molecule has 2 saturated carbocycles. The SMILES string of the molecule is CC1CC(C)CC(O)(Cc2nc(C3CC3)no2)C1. The van der Waals surface area contributed by atoms with Crippen LogP contribution in [0.4, 0.5) is 0 Å². The minimum atomic E-state index is -0.648. The highest BCUT2D eigenvalue weighted by Gasteiger charge is 2.38. The number of hydrogen-bond donors (Lipinski definition) is 1. The van der Waals surface area contributed by atoms with Gasteiger partial charge in [-0.3, -0.25) is 0 Å². The first-order chi connectivity index (χ1) is 8.54. The minimum Gasteiger partial charge on any atom is -0.389 e. The quantitative estimate of drug-likeness (QED) is 0.896. The molecule has 2 atom stereocenters. The first-order valence-electron chi connectivity index (χ1n) is 7.09. The second-order valence-electron chi connectivity index (χ2n) is 6.58. The van der Waals surface area contributed by atoms with Crippen molar-refractivity contribution in [3.8, 4) is 0 Å². The van der Waals surface area contributed by atoms with E-state index >= 15 is 0 Å². The zero-order valence-corrected chi connectivity index (χ0v) is 11.2. The molecule has 1 heterocycles. The van der Waals surface area contributed by atoms with E-state index in [1.807, 2.05) is 0 Å². The Morgan fingerprint density at radius 1 is 1.28 bits per heavy atom. The summed E-state index contributed by atoms with van der Waals surface area (Å²) >= 11 is 0. The molecule has 0 radical (unpaired) electrons. The van der Waals surface area contributed by atoms with Crippen LogP contribution in [0.1, 0.15) is 63.6 Å². The zero-order valence-electron chi connectivity index (χ0n) is 11.2. The maximum Gasteiger partial charge on any atom is 0.229 e. The first kappa shape index (κ1) is 12.2. The van der Waals surface area contributed by atoms with E-state index < -0.39 is 5.60 Å². The Labute approximate surface area is 108 Å². The van der Waals surface area contributed by atoms with E-state index in [1.54, 1.807) is 0 Å². The molecule has 0 aromatic carbocycles. The number of aliphatic hydroxyl groups is 1. The van der Waals surface area contributed by atoms with E-state index in [-0.39, 0.29) is 0 Å². The summed E-state index contributed by atoms with van der Waals surface area (Å²) in [5.74, 6) is 3.11. The molecule has 2 aliphatic rings. The first-order valence-corrected chi connectivity index (χ1v) is 7.09. The second kappa shape index (κ2) is 4.34. The summed E-state index contributed by atoms with van der Waals surface area (Å²) < 4.78 is 5.28. The maximum atomic E-state index is 10.7. The second-order valence-corrected chi connectivity index (χ2v) is 6.58. The molecule has 1 N–H and O–H groups in total. The fourth-order valence-electron chi connectivity index (χ4n) is 3.51. The standard InChI is InChI=1S/C14H22N2O2/c1-9-5-10(2)7-14(17,6-9)8-12-15-13(16-18-12)11-3-4-11/h9-11,17H,3-8H2,1-2H3. The van der Waals surface area contributed by atoms with Gasteiger partial charge in [0.05, 0.1) is 12.0 Å². The molecule has 0 saturated heterocycles. The molecule has 100 valence electrons. The van der Waals surface area contributed by atoms with Gasteiger partial charge in [-0.2, -0.15) is 4.98 Å². The van der Waals surface area contributed by atoms with Crippen molar-refractivity contribution in [1.29, 1.82) is 0 Å².